The molecule has 0 unspecified atom stereocenters. The van der Waals surface area contributed by atoms with Crippen LogP contribution in [0.15, 0.2) is 30.5 Å². The van der Waals surface area contributed by atoms with E-state index in [1.54, 1.807) is 6.20 Å². The highest BCUT2D eigenvalue weighted by Gasteiger charge is 2.16. The van der Waals surface area contributed by atoms with Crippen LogP contribution in [0.25, 0.3) is 22.0 Å². The van der Waals surface area contributed by atoms with Gasteiger partial charge in [0.2, 0.25) is 0 Å². The Hall–Kier alpha value is -2.56. The molecule has 0 saturated heterocycles. The Balaban J connectivity index is 1.69. The van der Waals surface area contributed by atoms with Crippen LogP contribution in [0.4, 0.5) is 11.6 Å². The lowest BCUT2D eigenvalue weighted by molar-refractivity contribution is 0.339. The zero-order valence-corrected chi connectivity index (χ0v) is 14.5. The van der Waals surface area contributed by atoms with E-state index < -0.39 is 0 Å². The largest absolute Gasteiger partial charge is 0.384 e. The molecule has 5 heteroatoms. The molecule has 0 radical (unpaired) electrons. The minimum Gasteiger partial charge on any atom is -0.384 e. The molecule has 0 aliphatic heterocycles. The van der Waals surface area contributed by atoms with Gasteiger partial charge in [-0.3, -0.25) is 5.10 Å². The molecule has 2 heterocycles. The van der Waals surface area contributed by atoms with Gasteiger partial charge in [-0.05, 0) is 59.7 Å². The summed E-state index contributed by atoms with van der Waals surface area (Å²) in [6, 6.07) is 8.23. The number of H-pyrrole nitrogens is 1. The molecule has 0 spiro atoms. The van der Waals surface area contributed by atoms with Gasteiger partial charge in [0.05, 0.1) is 5.52 Å². The third-order valence-electron chi connectivity index (χ3n) is 5.45. The number of nitrogen functional groups attached to an aromatic ring is 2. The second-order valence-corrected chi connectivity index (χ2v) is 7.18. The molecule has 2 aromatic heterocycles. The summed E-state index contributed by atoms with van der Waals surface area (Å²) in [5, 5.41) is 8.33. The van der Waals surface area contributed by atoms with E-state index in [9.17, 15) is 0 Å². The van der Waals surface area contributed by atoms with E-state index in [2.05, 4.69) is 27.3 Å². The number of nitrogens with zero attached hydrogens (tertiary/aromatic N) is 2. The van der Waals surface area contributed by atoms with E-state index in [-0.39, 0.29) is 0 Å². The van der Waals surface area contributed by atoms with Crippen molar-refractivity contribution in [1.29, 1.82) is 0 Å². The summed E-state index contributed by atoms with van der Waals surface area (Å²) >= 11 is 0. The summed E-state index contributed by atoms with van der Waals surface area (Å²) in [5.41, 5.74) is 16.5. The number of nitrogens with one attached hydrogen (secondary N) is 1. The Kier molecular flexibility index (Phi) is 4.30. The van der Waals surface area contributed by atoms with Gasteiger partial charge < -0.3 is 11.5 Å². The number of rotatable bonds is 4. The predicted molar refractivity (Wildman–Crippen MR) is 103 cm³/mol. The van der Waals surface area contributed by atoms with Gasteiger partial charge in [0.25, 0.3) is 0 Å². The maximum absolute atomic E-state index is 6.08. The van der Waals surface area contributed by atoms with Gasteiger partial charge in [0, 0.05) is 11.6 Å². The molecule has 1 aliphatic rings. The molecule has 4 rings (SSSR count). The first-order chi connectivity index (χ1) is 12.2. The van der Waals surface area contributed by atoms with Crippen molar-refractivity contribution in [2.24, 2.45) is 5.92 Å². The molecule has 5 N–H and O–H groups in total. The first-order valence-corrected chi connectivity index (χ1v) is 9.19. The van der Waals surface area contributed by atoms with Crippen molar-refractivity contribution in [3.05, 3.63) is 36.0 Å². The number of aromatic nitrogens is 3. The third kappa shape index (κ3) is 3.31. The van der Waals surface area contributed by atoms with Crippen molar-refractivity contribution in [3.8, 4) is 11.1 Å². The van der Waals surface area contributed by atoms with Crippen LogP contribution in [0.5, 0.6) is 0 Å². The number of benzene rings is 1. The Bertz CT molecular complexity index is 877. The lowest BCUT2D eigenvalue weighted by Gasteiger charge is -2.21. The normalized spacial score (nSPS) is 15.7. The topological polar surface area (TPSA) is 93.6 Å². The van der Waals surface area contributed by atoms with E-state index in [1.165, 1.54) is 44.1 Å². The fourth-order valence-corrected chi connectivity index (χ4v) is 4.04. The van der Waals surface area contributed by atoms with Gasteiger partial charge in [0.15, 0.2) is 5.82 Å². The summed E-state index contributed by atoms with van der Waals surface area (Å²) in [6.07, 6.45) is 10.9. The molecule has 1 saturated carbocycles. The van der Waals surface area contributed by atoms with Crippen molar-refractivity contribution in [2.45, 2.75) is 44.9 Å². The number of fused-ring (bicyclic) bond motifs is 1. The zero-order chi connectivity index (χ0) is 17.2. The summed E-state index contributed by atoms with van der Waals surface area (Å²) < 4.78 is 0. The summed E-state index contributed by atoms with van der Waals surface area (Å²) in [5.74, 6) is 1.93. The maximum Gasteiger partial charge on any atom is 0.153 e. The fourth-order valence-electron chi connectivity index (χ4n) is 4.04. The van der Waals surface area contributed by atoms with Crippen LogP contribution in [-0.4, -0.2) is 15.2 Å². The minimum absolute atomic E-state index is 0.529. The van der Waals surface area contributed by atoms with Crippen LogP contribution >= 0.6 is 0 Å². The number of hydrogen-bond acceptors (Lipinski definition) is 4. The van der Waals surface area contributed by atoms with E-state index in [0.29, 0.717) is 11.6 Å². The minimum atomic E-state index is 0.529. The highest BCUT2D eigenvalue weighted by atomic mass is 15.1. The Morgan fingerprint density at radius 2 is 1.88 bits per heavy atom. The first kappa shape index (κ1) is 15.9. The number of anilines is 2. The predicted octanol–water partition coefficient (Wildman–Crippen LogP) is 4.30. The third-order valence-corrected chi connectivity index (χ3v) is 5.45. The lowest BCUT2D eigenvalue weighted by Crippen LogP contribution is -2.07. The standard InChI is InChI=1S/C20H25N5/c21-18-12-14(8-9-23-18)16-10-15(7-6-13-4-2-1-3-5-13)19-17(11-16)20(22)25-24-19/h8-13H,1-7H2,(H2,21,23)(H3,22,24,25). The molecule has 1 fully saturated rings. The Morgan fingerprint density at radius 3 is 2.68 bits per heavy atom. The van der Waals surface area contributed by atoms with Gasteiger partial charge in [0.1, 0.15) is 5.82 Å². The highest BCUT2D eigenvalue weighted by Crippen LogP contribution is 2.33. The van der Waals surface area contributed by atoms with E-state index in [4.69, 9.17) is 11.5 Å². The molecule has 1 aromatic carbocycles. The van der Waals surface area contributed by atoms with Gasteiger partial charge in [-0.25, -0.2) is 4.98 Å². The second-order valence-electron chi connectivity index (χ2n) is 7.18. The molecule has 0 bridgehead atoms. The number of hydrogen-bond donors (Lipinski definition) is 3. The van der Waals surface area contributed by atoms with Crippen LogP contribution < -0.4 is 11.5 Å². The van der Waals surface area contributed by atoms with Crippen LogP contribution in [0.3, 0.4) is 0 Å². The summed E-state index contributed by atoms with van der Waals surface area (Å²) in [4.78, 5) is 4.09. The number of pyridine rings is 1. The Labute approximate surface area is 147 Å². The smallest absolute Gasteiger partial charge is 0.153 e. The first-order valence-electron chi connectivity index (χ1n) is 9.19. The molecule has 25 heavy (non-hydrogen) atoms. The van der Waals surface area contributed by atoms with Crippen molar-refractivity contribution in [1.82, 2.24) is 15.2 Å². The average molecular weight is 335 g/mol. The average Bonchev–Trinajstić information content (AvgIpc) is 3.02. The monoisotopic (exact) mass is 335 g/mol. The number of aryl methyl sites for hydroxylation is 1. The molecule has 5 nitrogen and oxygen atoms in total. The summed E-state index contributed by atoms with van der Waals surface area (Å²) in [7, 11) is 0. The molecular formula is C20H25N5. The molecule has 0 atom stereocenters. The molecule has 0 amide bonds. The molecular weight excluding hydrogens is 310 g/mol. The van der Waals surface area contributed by atoms with E-state index in [0.717, 1.165) is 34.4 Å². The van der Waals surface area contributed by atoms with Crippen molar-refractivity contribution in [3.63, 3.8) is 0 Å². The van der Waals surface area contributed by atoms with Crippen molar-refractivity contribution < 1.29 is 0 Å². The van der Waals surface area contributed by atoms with Gasteiger partial charge in [-0.15, -0.1) is 0 Å². The number of aromatic amines is 1. The van der Waals surface area contributed by atoms with E-state index in [1.807, 2.05) is 12.1 Å². The van der Waals surface area contributed by atoms with Gasteiger partial charge >= 0.3 is 0 Å². The number of nitrogens with two attached hydrogens (primary N) is 2. The van der Waals surface area contributed by atoms with Crippen molar-refractivity contribution >= 4 is 22.5 Å². The van der Waals surface area contributed by atoms with Gasteiger partial charge in [-0.1, -0.05) is 32.1 Å². The summed E-state index contributed by atoms with van der Waals surface area (Å²) in [6.45, 7) is 0. The van der Waals surface area contributed by atoms with Crippen molar-refractivity contribution in [2.75, 3.05) is 11.5 Å². The second kappa shape index (κ2) is 6.75. The van der Waals surface area contributed by atoms with Crippen LogP contribution in [0, 0.1) is 5.92 Å². The molecule has 3 aromatic rings. The maximum atomic E-state index is 6.08. The quantitative estimate of drug-likeness (QED) is 0.662. The lowest BCUT2D eigenvalue weighted by atomic mass is 9.85. The Morgan fingerprint density at radius 1 is 1.04 bits per heavy atom. The van der Waals surface area contributed by atoms with E-state index >= 15 is 0 Å². The zero-order valence-electron chi connectivity index (χ0n) is 14.5. The van der Waals surface area contributed by atoms with Gasteiger partial charge in [-0.2, -0.15) is 5.10 Å². The van der Waals surface area contributed by atoms with Crippen LogP contribution in [-0.2, 0) is 6.42 Å². The fraction of sp³-hybridized carbons (Fsp3) is 0.400. The van der Waals surface area contributed by atoms with Crippen LogP contribution in [0.1, 0.15) is 44.1 Å². The molecule has 130 valence electrons. The molecule has 1 aliphatic carbocycles. The SMILES string of the molecule is Nc1cc(-c2cc(CCC3CCCCC3)c3[nH]nc(N)c3c2)ccn1. The highest BCUT2D eigenvalue weighted by molar-refractivity contribution is 5.94. The van der Waals surface area contributed by atoms with Crippen LogP contribution in [0.2, 0.25) is 0 Å².